The normalized spacial score (nSPS) is 12.5. The smallest absolute Gasteiger partial charge is 0.165 e. The lowest BCUT2D eigenvalue weighted by Crippen LogP contribution is -2.21. The predicted molar refractivity (Wildman–Crippen MR) is 62.3 cm³/mol. The molecule has 0 heterocycles. The second kappa shape index (κ2) is 7.21. The molecule has 0 saturated carbocycles. The maximum absolute atomic E-state index is 13.2. The maximum Gasteiger partial charge on any atom is 0.165 e. The minimum absolute atomic E-state index is 0.0543. The molecule has 0 aliphatic rings. The fourth-order valence-corrected chi connectivity index (χ4v) is 1.32. The largest absolute Gasteiger partial charge is 0.494 e. The summed E-state index contributed by atoms with van der Waals surface area (Å²) in [4.78, 5) is 5.18. The SMILES string of the molecule is COCCONC(C)c1ccc(F)c(OC)c1. The van der Waals surface area contributed by atoms with Crippen LogP contribution in [0.5, 0.6) is 5.75 Å². The predicted octanol–water partition coefficient (Wildman–Crippen LogP) is 2.06. The van der Waals surface area contributed by atoms with E-state index < -0.39 is 0 Å². The molecule has 0 radical (unpaired) electrons. The second-order valence-corrected chi connectivity index (χ2v) is 3.57. The van der Waals surface area contributed by atoms with Gasteiger partial charge in [-0.1, -0.05) is 6.07 Å². The lowest BCUT2D eigenvalue weighted by molar-refractivity contribution is -0.00928. The highest BCUT2D eigenvalue weighted by Gasteiger charge is 2.09. The minimum Gasteiger partial charge on any atom is -0.494 e. The lowest BCUT2D eigenvalue weighted by atomic mass is 10.1. The molecule has 96 valence electrons. The molecule has 1 unspecified atom stereocenters. The Hall–Kier alpha value is -1.17. The summed E-state index contributed by atoms with van der Waals surface area (Å²) in [6, 6.07) is 4.66. The number of hydrogen-bond donors (Lipinski definition) is 1. The van der Waals surface area contributed by atoms with Crippen molar-refractivity contribution in [2.75, 3.05) is 27.4 Å². The summed E-state index contributed by atoms with van der Waals surface area (Å²) in [6.07, 6.45) is 0. The third-order valence-corrected chi connectivity index (χ3v) is 2.32. The van der Waals surface area contributed by atoms with Crippen molar-refractivity contribution in [3.8, 4) is 5.75 Å². The standard InChI is InChI=1S/C12H18FNO3/c1-9(14-17-7-6-15-2)10-4-5-11(13)12(8-10)16-3/h4-5,8-9,14H,6-7H2,1-3H3. The van der Waals surface area contributed by atoms with Crippen LogP contribution in [-0.2, 0) is 9.57 Å². The first-order valence-electron chi connectivity index (χ1n) is 5.38. The number of benzene rings is 1. The van der Waals surface area contributed by atoms with Crippen molar-refractivity contribution >= 4 is 0 Å². The molecule has 0 aliphatic heterocycles. The summed E-state index contributed by atoms with van der Waals surface area (Å²) < 4.78 is 23.0. The zero-order valence-corrected chi connectivity index (χ0v) is 10.3. The third-order valence-electron chi connectivity index (χ3n) is 2.32. The average molecular weight is 243 g/mol. The van der Waals surface area contributed by atoms with E-state index in [-0.39, 0.29) is 17.6 Å². The average Bonchev–Trinajstić information content (AvgIpc) is 2.35. The summed E-state index contributed by atoms with van der Waals surface area (Å²) in [5.41, 5.74) is 3.74. The zero-order chi connectivity index (χ0) is 12.7. The Labute approximate surface area is 101 Å². The second-order valence-electron chi connectivity index (χ2n) is 3.57. The number of methoxy groups -OCH3 is 2. The molecule has 17 heavy (non-hydrogen) atoms. The minimum atomic E-state index is -0.372. The highest BCUT2D eigenvalue weighted by atomic mass is 19.1. The van der Waals surface area contributed by atoms with Crippen LogP contribution in [0.4, 0.5) is 4.39 Å². The topological polar surface area (TPSA) is 39.7 Å². The molecule has 0 aromatic heterocycles. The monoisotopic (exact) mass is 243 g/mol. The van der Waals surface area contributed by atoms with Crippen LogP contribution in [0.25, 0.3) is 0 Å². The Morgan fingerprint density at radius 3 is 2.71 bits per heavy atom. The van der Waals surface area contributed by atoms with E-state index in [1.807, 2.05) is 6.92 Å². The van der Waals surface area contributed by atoms with Crippen molar-refractivity contribution in [3.05, 3.63) is 29.6 Å². The molecular weight excluding hydrogens is 225 g/mol. The van der Waals surface area contributed by atoms with E-state index in [1.54, 1.807) is 19.2 Å². The van der Waals surface area contributed by atoms with Crippen molar-refractivity contribution < 1.29 is 18.7 Å². The van der Waals surface area contributed by atoms with Crippen molar-refractivity contribution in [2.45, 2.75) is 13.0 Å². The number of hydrogen-bond acceptors (Lipinski definition) is 4. The van der Waals surface area contributed by atoms with E-state index in [1.165, 1.54) is 13.2 Å². The van der Waals surface area contributed by atoms with Gasteiger partial charge in [0.05, 0.1) is 26.4 Å². The van der Waals surface area contributed by atoms with Crippen molar-refractivity contribution in [3.63, 3.8) is 0 Å². The van der Waals surface area contributed by atoms with Gasteiger partial charge in [-0.05, 0) is 24.6 Å². The lowest BCUT2D eigenvalue weighted by Gasteiger charge is -2.15. The molecule has 1 rings (SSSR count). The molecule has 5 heteroatoms. The highest BCUT2D eigenvalue weighted by molar-refractivity contribution is 5.31. The number of halogens is 1. The first kappa shape index (κ1) is 13.9. The first-order valence-corrected chi connectivity index (χ1v) is 5.38. The van der Waals surface area contributed by atoms with Crippen LogP contribution in [-0.4, -0.2) is 27.4 Å². The number of nitrogens with one attached hydrogen (secondary N) is 1. The van der Waals surface area contributed by atoms with E-state index in [0.717, 1.165) is 5.56 Å². The number of hydroxylamine groups is 1. The molecule has 1 atom stereocenters. The van der Waals surface area contributed by atoms with E-state index >= 15 is 0 Å². The van der Waals surface area contributed by atoms with Crippen LogP contribution in [0.3, 0.4) is 0 Å². The molecule has 0 bridgehead atoms. The van der Waals surface area contributed by atoms with E-state index in [2.05, 4.69) is 5.48 Å². The summed E-state index contributed by atoms with van der Waals surface area (Å²) >= 11 is 0. The fourth-order valence-electron chi connectivity index (χ4n) is 1.32. The van der Waals surface area contributed by atoms with Gasteiger partial charge < -0.3 is 9.47 Å². The summed E-state index contributed by atoms with van der Waals surface area (Å²) in [7, 11) is 3.05. The molecule has 1 aromatic carbocycles. The highest BCUT2D eigenvalue weighted by Crippen LogP contribution is 2.22. The summed E-state index contributed by atoms with van der Waals surface area (Å²) in [6.45, 7) is 2.89. The van der Waals surface area contributed by atoms with Crippen LogP contribution >= 0.6 is 0 Å². The van der Waals surface area contributed by atoms with Crippen LogP contribution in [0, 0.1) is 5.82 Å². The fraction of sp³-hybridized carbons (Fsp3) is 0.500. The van der Waals surface area contributed by atoms with Gasteiger partial charge in [-0.3, -0.25) is 4.84 Å². The van der Waals surface area contributed by atoms with E-state index in [4.69, 9.17) is 14.3 Å². The van der Waals surface area contributed by atoms with Gasteiger partial charge in [0.25, 0.3) is 0 Å². The Balaban J connectivity index is 2.53. The Kier molecular flexibility index (Phi) is 5.90. The van der Waals surface area contributed by atoms with Gasteiger partial charge >= 0.3 is 0 Å². The van der Waals surface area contributed by atoms with Gasteiger partial charge in [-0.15, -0.1) is 0 Å². The first-order chi connectivity index (χ1) is 8.19. The summed E-state index contributed by atoms with van der Waals surface area (Å²) in [5, 5.41) is 0. The van der Waals surface area contributed by atoms with Gasteiger partial charge in [0.1, 0.15) is 0 Å². The quantitative estimate of drug-likeness (QED) is 0.588. The number of ether oxygens (including phenoxy) is 2. The van der Waals surface area contributed by atoms with Crippen LogP contribution in [0.2, 0.25) is 0 Å². The van der Waals surface area contributed by atoms with E-state index in [0.29, 0.717) is 13.2 Å². The van der Waals surface area contributed by atoms with E-state index in [9.17, 15) is 4.39 Å². The Bertz CT molecular complexity index is 347. The Morgan fingerprint density at radius 2 is 2.06 bits per heavy atom. The van der Waals surface area contributed by atoms with Crippen LogP contribution < -0.4 is 10.2 Å². The van der Waals surface area contributed by atoms with Gasteiger partial charge in [0.2, 0.25) is 0 Å². The molecule has 0 aliphatic carbocycles. The number of rotatable bonds is 7. The molecule has 0 spiro atoms. The summed E-state index contributed by atoms with van der Waals surface area (Å²) in [5.74, 6) is -0.142. The third kappa shape index (κ3) is 4.30. The van der Waals surface area contributed by atoms with Gasteiger partial charge in [-0.2, -0.15) is 5.48 Å². The van der Waals surface area contributed by atoms with Gasteiger partial charge in [0, 0.05) is 7.11 Å². The molecule has 0 fully saturated rings. The van der Waals surface area contributed by atoms with Crippen molar-refractivity contribution in [1.82, 2.24) is 5.48 Å². The molecule has 0 amide bonds. The van der Waals surface area contributed by atoms with Crippen LogP contribution in [0.15, 0.2) is 18.2 Å². The molecule has 0 saturated heterocycles. The van der Waals surface area contributed by atoms with Crippen LogP contribution in [0.1, 0.15) is 18.5 Å². The maximum atomic E-state index is 13.2. The van der Waals surface area contributed by atoms with Crippen molar-refractivity contribution in [1.29, 1.82) is 0 Å². The zero-order valence-electron chi connectivity index (χ0n) is 10.3. The molecule has 1 N–H and O–H groups in total. The Morgan fingerprint density at radius 1 is 1.29 bits per heavy atom. The van der Waals surface area contributed by atoms with Gasteiger partial charge in [-0.25, -0.2) is 4.39 Å². The van der Waals surface area contributed by atoms with Gasteiger partial charge in [0.15, 0.2) is 11.6 Å². The molecule has 4 nitrogen and oxygen atoms in total. The molecule has 1 aromatic rings. The molecular formula is C12H18FNO3. The van der Waals surface area contributed by atoms with Crippen molar-refractivity contribution in [2.24, 2.45) is 0 Å².